The Kier molecular flexibility index (Phi) is 20.5. The second-order valence-corrected chi connectivity index (χ2v) is 23.9. The third-order valence-electron chi connectivity index (χ3n) is 16.2. The number of fused-ring (bicyclic) bond motifs is 3. The van der Waals surface area contributed by atoms with E-state index in [9.17, 15) is 32.7 Å². The molecule has 0 saturated heterocycles. The Balaban J connectivity index is 0.000000167. The smallest absolute Gasteiger partial charge is 0.311 e. The fraction of sp³-hybridized carbons (Fsp3) is 0.373. The molecule has 3 aliphatic rings. The third-order valence-corrected chi connectivity index (χ3v) is 16.8. The van der Waals surface area contributed by atoms with Gasteiger partial charge in [-0.25, -0.2) is 58.0 Å². The fourth-order valence-electron chi connectivity index (χ4n) is 11.5. The molecular formula is C59H63Cl3F3N16O5Pd-. The quantitative estimate of drug-likeness (QED) is 0.0320. The molecule has 0 aromatic carbocycles. The summed E-state index contributed by atoms with van der Waals surface area (Å²) in [4.78, 5) is 82.7. The zero-order valence-electron chi connectivity index (χ0n) is 47.9. The van der Waals surface area contributed by atoms with Crippen LogP contribution in [0, 0.1) is 41.1 Å². The van der Waals surface area contributed by atoms with Crippen LogP contribution in [0.5, 0.6) is 0 Å². The standard InChI is InChI=1S/C20H21ClFN5O2.C19H20ClFN6O.C19H19ClFN5O2.CH3.Pd/c1-20(19(28)29-2)5-3-4-12(7-20)26-18-15(22)10-25-17(27-18)14-9-24-16-13(14)6-11(21)8-23-16;1-19(18(22)28)4-2-3-11(6-19)26-17-14(21)9-25-16(27-17)13-8-24-15-12(13)5-10(20)7-23-15;1-19(18(27)28)4-2-3-11(6-19)25-17-14(21)9-24-16(26-17)13-8-23-15-12(13)5-10(20)7-22-15;;/h6,8-10,12H,3-5,7H2,1-2H3,(H,23,24)(H,25,26,27);5,7-9,11H,2-4,6H2,1H3,(H2,22,28)(H,23,24)(H,25,26,27);5,7-9,11H,2-4,6H2,1H3,(H,22,23)(H,27,28)(H,24,25,26);1H3;/q;;;-1;/t12?,20-;2*11?,19-;;/m111../s1. The minimum absolute atomic E-state index is 0. The number of carboxylic acids is 1. The van der Waals surface area contributed by atoms with E-state index in [4.69, 9.17) is 45.3 Å². The first-order valence-corrected chi connectivity index (χ1v) is 28.6. The Morgan fingerprint density at radius 3 is 1.22 bits per heavy atom. The molecule has 0 bridgehead atoms. The number of amides is 1. The van der Waals surface area contributed by atoms with Crippen molar-refractivity contribution >= 4 is 103 Å². The number of hydrogen-bond acceptors (Lipinski definition) is 16. The van der Waals surface area contributed by atoms with Crippen LogP contribution in [0.1, 0.15) is 97.8 Å². The van der Waals surface area contributed by atoms with Crippen molar-refractivity contribution in [2.24, 2.45) is 22.0 Å². The SMILES string of the molecule is COC(=O)[C@]1(C)CCCC(Nc2nc(-c3c[nH]c4ncc(Cl)cc34)ncc2F)C1.C[C@@]1(C(=O)O)CCCC(Nc2nc(-c3c[nH]c4ncc(Cl)cc34)ncc2F)C1.C[C@@]1(C(N)=O)CCCC(Nc2nc(-c3c[nH]c4ncc(Cl)cc34)ncc2F)C1.[CH3-].[Pd]. The Hall–Kier alpha value is -7.56. The number of ether oxygens (including phenoxy) is 1. The molecule has 21 nitrogen and oxygen atoms in total. The minimum atomic E-state index is -0.828. The van der Waals surface area contributed by atoms with Crippen LogP contribution in [0.4, 0.5) is 30.6 Å². The summed E-state index contributed by atoms with van der Waals surface area (Å²) in [6.45, 7) is 5.47. The first-order valence-electron chi connectivity index (χ1n) is 27.5. The van der Waals surface area contributed by atoms with Gasteiger partial charge in [-0.1, -0.05) is 61.0 Å². The topological polar surface area (TPSA) is 306 Å². The number of primary amides is 1. The van der Waals surface area contributed by atoms with E-state index in [2.05, 4.69) is 75.8 Å². The van der Waals surface area contributed by atoms with Gasteiger partial charge in [0.2, 0.25) is 5.91 Å². The monoisotopic (exact) mass is 1340 g/mol. The number of nitrogens with two attached hydrogens (primary N) is 1. The summed E-state index contributed by atoms with van der Waals surface area (Å²) in [5.74, 6) is -1.75. The Bertz CT molecular complexity index is 3820. The number of H-pyrrole nitrogens is 3. The number of anilines is 3. The molecule has 3 unspecified atom stereocenters. The van der Waals surface area contributed by atoms with Crippen LogP contribution in [0.3, 0.4) is 0 Å². The van der Waals surface area contributed by atoms with E-state index >= 15 is 0 Å². The van der Waals surface area contributed by atoms with Gasteiger partial charge in [-0.3, -0.25) is 14.4 Å². The number of aromatic nitrogens is 12. The van der Waals surface area contributed by atoms with Crippen LogP contribution in [0.15, 0.2) is 74.0 Å². The van der Waals surface area contributed by atoms with Crippen LogP contribution < -0.4 is 21.7 Å². The maximum Gasteiger partial charge on any atom is 0.311 e. The zero-order chi connectivity index (χ0) is 60.4. The van der Waals surface area contributed by atoms with Crippen molar-refractivity contribution in [3.8, 4) is 34.2 Å². The molecule has 0 radical (unpaired) electrons. The average Bonchev–Trinajstić information content (AvgIpc) is 2.67. The molecule has 462 valence electrons. The predicted molar refractivity (Wildman–Crippen MR) is 323 cm³/mol. The van der Waals surface area contributed by atoms with Gasteiger partial charge in [-0.05, 0) is 89.8 Å². The summed E-state index contributed by atoms with van der Waals surface area (Å²) in [5.41, 5.74) is 7.50. The zero-order valence-corrected chi connectivity index (χ0v) is 51.7. The van der Waals surface area contributed by atoms with Crippen molar-refractivity contribution in [3.05, 3.63) is 114 Å². The molecule has 0 aliphatic heterocycles. The number of aromatic amines is 3. The number of esters is 1. The molecule has 1 amide bonds. The second kappa shape index (κ2) is 27.2. The number of carbonyl (C=O) groups excluding carboxylic acids is 2. The van der Waals surface area contributed by atoms with E-state index < -0.39 is 39.7 Å². The van der Waals surface area contributed by atoms with Crippen molar-refractivity contribution in [1.29, 1.82) is 0 Å². The van der Waals surface area contributed by atoms with E-state index in [-0.39, 0.29) is 75.3 Å². The van der Waals surface area contributed by atoms with Gasteiger partial charge < -0.3 is 53.9 Å². The fourth-order valence-corrected chi connectivity index (χ4v) is 12.0. The number of methoxy groups -OCH3 is 1. The number of nitrogens with one attached hydrogen (secondary N) is 6. The summed E-state index contributed by atoms with van der Waals surface area (Å²) < 4.78 is 48.1. The summed E-state index contributed by atoms with van der Waals surface area (Å²) in [7, 11) is 1.39. The van der Waals surface area contributed by atoms with Gasteiger partial charge in [-0.2, -0.15) is 0 Å². The van der Waals surface area contributed by atoms with Crippen LogP contribution >= 0.6 is 34.8 Å². The predicted octanol–water partition coefficient (Wildman–Crippen LogP) is 12.7. The first kappa shape index (κ1) is 65.4. The van der Waals surface area contributed by atoms with Crippen molar-refractivity contribution < 1.29 is 57.8 Å². The van der Waals surface area contributed by atoms with E-state index in [0.717, 1.165) is 86.1 Å². The van der Waals surface area contributed by atoms with Crippen molar-refractivity contribution in [2.45, 2.75) is 116 Å². The number of nitrogens with zero attached hydrogens (tertiary/aromatic N) is 9. The van der Waals surface area contributed by atoms with Gasteiger partial charge in [-0.15, -0.1) is 0 Å². The second-order valence-electron chi connectivity index (χ2n) is 22.6. The van der Waals surface area contributed by atoms with E-state index in [1.165, 1.54) is 13.3 Å². The summed E-state index contributed by atoms with van der Waals surface area (Å²) in [5, 5.41) is 22.6. The van der Waals surface area contributed by atoms with Crippen LogP contribution in [0.2, 0.25) is 15.1 Å². The number of rotatable bonds is 12. The summed E-state index contributed by atoms with van der Waals surface area (Å²) >= 11 is 18.1. The number of aliphatic carboxylic acids is 1. The van der Waals surface area contributed by atoms with Gasteiger partial charge in [0, 0.05) is 114 Å². The Morgan fingerprint density at radius 2 is 0.885 bits per heavy atom. The largest absolute Gasteiger partial charge is 0.481 e. The average molecular weight is 1350 g/mol. The molecule has 3 saturated carbocycles. The van der Waals surface area contributed by atoms with Gasteiger partial charge in [0.05, 0.1) is 51.6 Å². The maximum atomic E-state index is 14.4. The van der Waals surface area contributed by atoms with Gasteiger partial charge in [0.1, 0.15) is 16.9 Å². The van der Waals surface area contributed by atoms with Crippen LogP contribution in [0.25, 0.3) is 67.3 Å². The molecular weight excluding hydrogens is 1280 g/mol. The van der Waals surface area contributed by atoms with E-state index in [1.807, 2.05) is 13.8 Å². The molecule has 28 heteroatoms. The number of pyridine rings is 3. The molecule has 12 rings (SSSR count). The van der Waals surface area contributed by atoms with Crippen LogP contribution in [-0.4, -0.2) is 108 Å². The van der Waals surface area contributed by atoms with E-state index in [0.29, 0.717) is 91.9 Å². The number of carboxylic acid groups (broad SMARTS) is 1. The maximum absolute atomic E-state index is 14.4. The molecule has 9 heterocycles. The van der Waals surface area contributed by atoms with Gasteiger partial charge >= 0.3 is 11.9 Å². The molecule has 9 aromatic heterocycles. The minimum Gasteiger partial charge on any atom is -0.481 e. The van der Waals surface area contributed by atoms with Gasteiger partial charge in [0.15, 0.2) is 52.4 Å². The molecule has 0 spiro atoms. The molecule has 3 aliphatic carbocycles. The van der Waals surface area contributed by atoms with Crippen LogP contribution in [-0.2, 0) is 39.5 Å². The number of halogens is 6. The summed E-state index contributed by atoms with van der Waals surface area (Å²) in [6.07, 6.45) is 21.6. The number of hydrogen-bond donors (Lipinski definition) is 8. The summed E-state index contributed by atoms with van der Waals surface area (Å²) in [6, 6.07) is 4.90. The van der Waals surface area contributed by atoms with Crippen molar-refractivity contribution in [3.63, 3.8) is 0 Å². The molecule has 87 heavy (non-hydrogen) atoms. The molecule has 6 atom stereocenters. The molecule has 9 N–H and O–H groups in total. The van der Waals surface area contributed by atoms with Crippen molar-refractivity contribution in [1.82, 2.24) is 59.8 Å². The first-order chi connectivity index (χ1) is 40.6. The third kappa shape index (κ3) is 14.6. The van der Waals surface area contributed by atoms with E-state index in [1.54, 1.807) is 56.1 Å². The Labute approximate surface area is 526 Å². The molecule has 3 fully saturated rings. The number of carbonyl (C=O) groups is 3. The van der Waals surface area contributed by atoms with Crippen molar-refractivity contribution in [2.75, 3.05) is 23.1 Å². The normalized spacial score (nSPS) is 21.7. The van der Waals surface area contributed by atoms with Gasteiger partial charge in [0.25, 0.3) is 0 Å². The Morgan fingerprint density at radius 1 is 0.563 bits per heavy atom. The molecule has 9 aromatic rings.